The van der Waals surface area contributed by atoms with E-state index in [1.54, 1.807) is 6.07 Å². The van der Waals surface area contributed by atoms with Gasteiger partial charge in [0.15, 0.2) is 0 Å². The molecule has 1 atom stereocenters. The average Bonchev–Trinajstić information content (AvgIpc) is 2.42. The Hall–Kier alpha value is -0.880. The SMILES string of the molecule is NN1C(=O)[C@H](CC(=O)O)CCc2ccccc21.[H-].[Na+]. The van der Waals surface area contributed by atoms with Crippen LogP contribution in [0.25, 0.3) is 0 Å². The number of aryl methyl sites for hydroxylation is 1. The largest absolute Gasteiger partial charge is 1.00 e. The van der Waals surface area contributed by atoms with Crippen LogP contribution in [-0.2, 0) is 16.0 Å². The van der Waals surface area contributed by atoms with Gasteiger partial charge in [0, 0.05) is 0 Å². The Morgan fingerprint density at radius 3 is 2.83 bits per heavy atom. The van der Waals surface area contributed by atoms with Crippen molar-refractivity contribution >= 4 is 17.6 Å². The Bertz CT molecular complexity index is 470. The van der Waals surface area contributed by atoms with Crippen LogP contribution in [0.4, 0.5) is 5.69 Å². The first-order valence-corrected chi connectivity index (χ1v) is 5.48. The number of anilines is 1. The molecule has 1 amide bonds. The van der Waals surface area contributed by atoms with Gasteiger partial charge in [-0.1, -0.05) is 18.2 Å². The van der Waals surface area contributed by atoms with E-state index in [-0.39, 0.29) is 43.3 Å². The number of carbonyl (C=O) groups excluding carboxylic acids is 1. The fraction of sp³-hybridized carbons (Fsp3) is 0.333. The van der Waals surface area contributed by atoms with Crippen molar-refractivity contribution in [2.24, 2.45) is 11.8 Å². The van der Waals surface area contributed by atoms with E-state index in [0.29, 0.717) is 18.5 Å². The van der Waals surface area contributed by atoms with Crippen LogP contribution in [0.1, 0.15) is 19.8 Å². The van der Waals surface area contributed by atoms with Crippen molar-refractivity contribution < 1.29 is 45.7 Å². The van der Waals surface area contributed by atoms with Crippen LogP contribution < -0.4 is 40.4 Å². The minimum Gasteiger partial charge on any atom is -1.00 e. The molecular formula is C12H15N2NaO3. The van der Waals surface area contributed by atoms with Crippen molar-refractivity contribution in [2.45, 2.75) is 19.3 Å². The number of aliphatic carboxylic acids is 1. The molecule has 1 aliphatic heterocycles. The molecule has 6 heteroatoms. The summed E-state index contributed by atoms with van der Waals surface area (Å²) >= 11 is 0. The van der Waals surface area contributed by atoms with E-state index in [9.17, 15) is 9.59 Å². The Balaban J connectivity index is 0.00000162. The van der Waals surface area contributed by atoms with Crippen molar-refractivity contribution in [3.05, 3.63) is 29.8 Å². The Morgan fingerprint density at radius 2 is 2.17 bits per heavy atom. The standard InChI is InChI=1S/C12H14N2O3.Na.H/c13-14-10-4-2-1-3-8(10)5-6-9(12(14)17)7-11(15)16;;/h1-4,9H,5-7,13H2,(H,15,16);;/q;+1;-1/t9-;;/m0../s1. The summed E-state index contributed by atoms with van der Waals surface area (Å²) in [6, 6.07) is 7.38. The maximum Gasteiger partial charge on any atom is 1.00 e. The van der Waals surface area contributed by atoms with Crippen LogP contribution in [0.15, 0.2) is 24.3 Å². The number of nitrogens with zero attached hydrogens (tertiary/aromatic N) is 1. The third-order valence-electron chi connectivity index (χ3n) is 3.02. The molecule has 3 N–H and O–H groups in total. The monoisotopic (exact) mass is 258 g/mol. The molecule has 0 saturated carbocycles. The normalized spacial score (nSPS) is 18.6. The molecule has 0 fully saturated rings. The zero-order valence-corrected chi connectivity index (χ0v) is 12.3. The zero-order valence-electron chi connectivity index (χ0n) is 11.3. The predicted octanol–water partition coefficient (Wildman–Crippen LogP) is -1.95. The minimum absolute atomic E-state index is 0. The molecule has 0 bridgehead atoms. The molecule has 92 valence electrons. The Kier molecular flexibility index (Phi) is 5.34. The number of fused-ring (bicyclic) bond motifs is 1. The summed E-state index contributed by atoms with van der Waals surface area (Å²) in [5.74, 6) is 3.92. The molecule has 2 rings (SSSR count). The number of hydrogen-bond donors (Lipinski definition) is 2. The fourth-order valence-corrected chi connectivity index (χ4v) is 2.13. The molecule has 0 aromatic heterocycles. The van der Waals surface area contributed by atoms with Crippen molar-refractivity contribution in [3.8, 4) is 0 Å². The number of hydrazine groups is 1. The van der Waals surface area contributed by atoms with Crippen molar-refractivity contribution in [3.63, 3.8) is 0 Å². The molecule has 0 radical (unpaired) electrons. The van der Waals surface area contributed by atoms with Crippen LogP contribution in [0, 0.1) is 5.92 Å². The number of rotatable bonds is 2. The summed E-state index contributed by atoms with van der Waals surface area (Å²) in [6.45, 7) is 0. The number of carboxylic acids is 1. The molecule has 0 aliphatic carbocycles. The van der Waals surface area contributed by atoms with E-state index in [4.69, 9.17) is 10.9 Å². The first-order chi connectivity index (χ1) is 8.09. The number of carbonyl (C=O) groups is 2. The Labute approximate surface area is 129 Å². The van der Waals surface area contributed by atoms with Gasteiger partial charge in [-0.3, -0.25) is 9.59 Å². The van der Waals surface area contributed by atoms with E-state index in [2.05, 4.69) is 0 Å². The number of hydrogen-bond acceptors (Lipinski definition) is 3. The van der Waals surface area contributed by atoms with Crippen molar-refractivity contribution in [1.82, 2.24) is 0 Å². The molecule has 1 heterocycles. The third-order valence-corrected chi connectivity index (χ3v) is 3.02. The van der Waals surface area contributed by atoms with Crippen LogP contribution in [0.5, 0.6) is 0 Å². The van der Waals surface area contributed by atoms with Gasteiger partial charge < -0.3 is 6.53 Å². The number of benzene rings is 1. The molecular weight excluding hydrogens is 243 g/mol. The second-order valence-electron chi connectivity index (χ2n) is 4.17. The maximum atomic E-state index is 12.0. The van der Waals surface area contributed by atoms with Gasteiger partial charge in [0.1, 0.15) is 0 Å². The topological polar surface area (TPSA) is 83.6 Å². The summed E-state index contributed by atoms with van der Waals surface area (Å²) in [5.41, 5.74) is 1.65. The van der Waals surface area contributed by atoms with Crippen molar-refractivity contribution in [1.29, 1.82) is 0 Å². The van der Waals surface area contributed by atoms with E-state index in [0.717, 1.165) is 10.6 Å². The third kappa shape index (κ3) is 3.11. The fourth-order valence-electron chi connectivity index (χ4n) is 2.13. The maximum absolute atomic E-state index is 12.0. The molecule has 5 nitrogen and oxygen atoms in total. The second-order valence-corrected chi connectivity index (χ2v) is 4.17. The zero-order chi connectivity index (χ0) is 12.4. The van der Waals surface area contributed by atoms with Crippen LogP contribution in [-0.4, -0.2) is 17.0 Å². The van der Waals surface area contributed by atoms with E-state index in [1.807, 2.05) is 18.2 Å². The van der Waals surface area contributed by atoms with Crippen LogP contribution in [0.3, 0.4) is 0 Å². The molecule has 0 saturated heterocycles. The average molecular weight is 258 g/mol. The summed E-state index contributed by atoms with van der Waals surface area (Å²) < 4.78 is 0. The number of amides is 1. The second kappa shape index (κ2) is 6.33. The van der Waals surface area contributed by atoms with Gasteiger partial charge in [-0.25, -0.2) is 10.9 Å². The van der Waals surface area contributed by atoms with Gasteiger partial charge in [-0.15, -0.1) is 0 Å². The quantitative estimate of drug-likeness (QED) is 0.367. The van der Waals surface area contributed by atoms with Gasteiger partial charge in [-0.2, -0.15) is 0 Å². The molecule has 1 aliphatic rings. The molecule has 1 aromatic rings. The summed E-state index contributed by atoms with van der Waals surface area (Å²) in [4.78, 5) is 22.7. The van der Waals surface area contributed by atoms with Gasteiger partial charge in [0.2, 0.25) is 5.91 Å². The van der Waals surface area contributed by atoms with E-state index in [1.165, 1.54) is 0 Å². The molecule has 1 aromatic carbocycles. The predicted molar refractivity (Wildman–Crippen MR) is 63.3 cm³/mol. The Morgan fingerprint density at radius 1 is 1.50 bits per heavy atom. The van der Waals surface area contributed by atoms with Gasteiger partial charge in [0.25, 0.3) is 0 Å². The van der Waals surface area contributed by atoms with E-state index < -0.39 is 11.9 Å². The van der Waals surface area contributed by atoms with Crippen LogP contribution >= 0.6 is 0 Å². The molecule has 18 heavy (non-hydrogen) atoms. The van der Waals surface area contributed by atoms with Crippen molar-refractivity contribution in [2.75, 3.05) is 5.01 Å². The summed E-state index contributed by atoms with van der Waals surface area (Å²) in [6.07, 6.45) is 1.03. The minimum atomic E-state index is -0.970. The van der Waals surface area contributed by atoms with Gasteiger partial charge in [0.05, 0.1) is 18.0 Å². The number of nitrogens with two attached hydrogens (primary N) is 1. The summed E-state index contributed by atoms with van der Waals surface area (Å²) in [7, 11) is 0. The van der Waals surface area contributed by atoms with Crippen LogP contribution in [0.2, 0.25) is 0 Å². The van der Waals surface area contributed by atoms with E-state index >= 15 is 0 Å². The summed E-state index contributed by atoms with van der Waals surface area (Å²) in [5, 5.41) is 9.85. The van der Waals surface area contributed by atoms with Gasteiger partial charge in [-0.05, 0) is 24.5 Å². The number of carboxylic acid groups (broad SMARTS) is 1. The first-order valence-electron chi connectivity index (χ1n) is 5.48. The number of para-hydroxylation sites is 1. The smallest absolute Gasteiger partial charge is 1.00 e. The molecule has 0 spiro atoms. The molecule has 0 unspecified atom stereocenters. The first kappa shape index (κ1) is 15.2. The van der Waals surface area contributed by atoms with Gasteiger partial charge >= 0.3 is 35.5 Å².